The summed E-state index contributed by atoms with van der Waals surface area (Å²) < 4.78 is 0. The normalized spacial score (nSPS) is 10.7. The number of nitrogen functional groups attached to an aromatic ring is 1. The average molecular weight is 317 g/mol. The van der Waals surface area contributed by atoms with Gasteiger partial charge in [0.05, 0.1) is 11.6 Å². The number of nitrogens with two attached hydrogens (primary N) is 1. The minimum absolute atomic E-state index is 0.380. The van der Waals surface area contributed by atoms with Gasteiger partial charge in [0.2, 0.25) is 5.65 Å². The first-order valence-corrected chi connectivity index (χ1v) is 7.32. The summed E-state index contributed by atoms with van der Waals surface area (Å²) >= 11 is 7.49. The van der Waals surface area contributed by atoms with Crippen LogP contribution in [0.4, 0.5) is 5.82 Å². The van der Waals surface area contributed by atoms with Gasteiger partial charge in [-0.1, -0.05) is 11.6 Å². The van der Waals surface area contributed by atoms with Gasteiger partial charge in [0.15, 0.2) is 0 Å². The van der Waals surface area contributed by atoms with Gasteiger partial charge < -0.3 is 5.73 Å². The lowest BCUT2D eigenvalue weighted by atomic mass is 10.1. The Balaban J connectivity index is 1.92. The van der Waals surface area contributed by atoms with Crippen LogP contribution in [-0.4, -0.2) is 20.4 Å². The number of nitriles is 1. The van der Waals surface area contributed by atoms with Crippen molar-refractivity contribution in [1.29, 1.82) is 5.26 Å². The Morgan fingerprint density at radius 2 is 2.19 bits per heavy atom. The molecule has 1 aromatic carbocycles. The largest absolute Gasteiger partial charge is 0.384 e. The summed E-state index contributed by atoms with van der Waals surface area (Å²) in [6, 6.07) is 9.11. The van der Waals surface area contributed by atoms with E-state index in [-0.39, 0.29) is 0 Å². The van der Waals surface area contributed by atoms with Gasteiger partial charge in [-0.3, -0.25) is 0 Å². The van der Waals surface area contributed by atoms with E-state index in [4.69, 9.17) is 22.6 Å². The van der Waals surface area contributed by atoms with Gasteiger partial charge in [-0.25, -0.2) is 4.98 Å². The molecule has 0 saturated heterocycles. The molecule has 104 valence electrons. The number of anilines is 1. The minimum Gasteiger partial charge on any atom is -0.384 e. The predicted molar refractivity (Wildman–Crippen MR) is 81.8 cm³/mol. The first-order valence-electron chi connectivity index (χ1n) is 5.95. The third-order valence-electron chi connectivity index (χ3n) is 2.85. The fraction of sp³-hybridized carbons (Fsp3) is 0.0769. The lowest BCUT2D eigenvalue weighted by Gasteiger charge is -2.05. The van der Waals surface area contributed by atoms with Gasteiger partial charge in [0.1, 0.15) is 11.3 Å². The number of nitrogens with zero attached hydrogens (tertiary/aromatic N) is 4. The van der Waals surface area contributed by atoms with Crippen molar-refractivity contribution in [2.24, 2.45) is 0 Å². The lowest BCUT2D eigenvalue weighted by Crippen LogP contribution is -1.93. The molecule has 0 atom stereocenters. The van der Waals surface area contributed by atoms with Crippen molar-refractivity contribution < 1.29 is 0 Å². The molecule has 8 heteroatoms. The van der Waals surface area contributed by atoms with Gasteiger partial charge in [-0.05, 0) is 29.8 Å². The highest BCUT2D eigenvalue weighted by Gasteiger charge is 2.10. The predicted octanol–water partition coefficient (Wildman–Crippen LogP) is 2.75. The van der Waals surface area contributed by atoms with Crippen LogP contribution in [-0.2, 0) is 5.75 Å². The van der Waals surface area contributed by atoms with E-state index < -0.39 is 0 Å². The van der Waals surface area contributed by atoms with Crippen molar-refractivity contribution in [3.63, 3.8) is 0 Å². The first-order chi connectivity index (χ1) is 10.2. The zero-order valence-electron chi connectivity index (χ0n) is 10.7. The SMILES string of the molecule is N#Cc1ccc(Cl)cc1CSc1cc(N)nc2n[nH]nc12. The number of hydrogen-bond donors (Lipinski definition) is 2. The van der Waals surface area contributed by atoms with E-state index >= 15 is 0 Å². The fourth-order valence-corrected chi connectivity index (χ4v) is 3.10. The maximum atomic E-state index is 9.13. The fourth-order valence-electron chi connectivity index (χ4n) is 1.88. The zero-order chi connectivity index (χ0) is 14.8. The molecule has 0 fully saturated rings. The summed E-state index contributed by atoms with van der Waals surface area (Å²) in [5, 5.41) is 20.3. The van der Waals surface area contributed by atoms with Gasteiger partial charge >= 0.3 is 0 Å². The van der Waals surface area contributed by atoms with Crippen LogP contribution in [0.2, 0.25) is 5.02 Å². The van der Waals surface area contributed by atoms with Crippen molar-refractivity contribution in [3.8, 4) is 6.07 Å². The number of benzene rings is 1. The quantitative estimate of drug-likeness (QED) is 0.720. The Labute approximate surface area is 129 Å². The monoisotopic (exact) mass is 316 g/mol. The topological polar surface area (TPSA) is 104 Å². The molecule has 3 N–H and O–H groups in total. The number of fused-ring (bicyclic) bond motifs is 1. The van der Waals surface area contributed by atoms with Crippen LogP contribution in [0.25, 0.3) is 11.2 Å². The summed E-state index contributed by atoms with van der Waals surface area (Å²) in [6.45, 7) is 0. The van der Waals surface area contributed by atoms with Crippen LogP contribution in [0.1, 0.15) is 11.1 Å². The molecule has 0 spiro atoms. The first kappa shape index (κ1) is 13.7. The molecule has 2 aromatic heterocycles. The Kier molecular flexibility index (Phi) is 3.64. The van der Waals surface area contributed by atoms with Crippen LogP contribution >= 0.6 is 23.4 Å². The molecule has 0 aliphatic carbocycles. The number of H-pyrrole nitrogens is 1. The number of hydrogen-bond acceptors (Lipinski definition) is 6. The molecular weight excluding hydrogens is 308 g/mol. The maximum absolute atomic E-state index is 9.13. The number of rotatable bonds is 3. The zero-order valence-corrected chi connectivity index (χ0v) is 12.2. The standard InChI is InChI=1S/C13H9ClN6S/c14-9-2-1-7(5-15)8(3-9)6-21-10-4-11(16)17-13-12(10)18-20-19-13/h1-4H,6H2,(H3,16,17,18,19,20). The highest BCUT2D eigenvalue weighted by molar-refractivity contribution is 7.98. The van der Waals surface area contributed by atoms with E-state index in [2.05, 4.69) is 26.5 Å². The van der Waals surface area contributed by atoms with Crippen molar-refractivity contribution in [3.05, 3.63) is 40.4 Å². The molecule has 0 aliphatic rings. The van der Waals surface area contributed by atoms with E-state index in [1.165, 1.54) is 11.8 Å². The number of aromatic amines is 1. The van der Waals surface area contributed by atoms with E-state index in [0.29, 0.717) is 33.3 Å². The summed E-state index contributed by atoms with van der Waals surface area (Å²) in [5.41, 5.74) is 8.36. The molecule has 6 nitrogen and oxygen atoms in total. The molecule has 0 unspecified atom stereocenters. The number of thioether (sulfide) groups is 1. The number of aromatic nitrogens is 4. The summed E-state index contributed by atoms with van der Waals surface area (Å²) in [5.74, 6) is 0.958. The Morgan fingerprint density at radius 1 is 1.33 bits per heavy atom. The average Bonchev–Trinajstić information content (AvgIpc) is 2.93. The number of halogens is 1. The maximum Gasteiger partial charge on any atom is 0.204 e. The Bertz CT molecular complexity index is 853. The molecule has 0 bridgehead atoms. The molecule has 0 aliphatic heterocycles. The molecule has 3 aromatic rings. The molecular formula is C13H9ClN6S. The van der Waals surface area contributed by atoms with Crippen LogP contribution in [0.3, 0.4) is 0 Å². The van der Waals surface area contributed by atoms with Crippen molar-refractivity contribution >= 4 is 40.3 Å². The molecule has 0 radical (unpaired) electrons. The van der Waals surface area contributed by atoms with Crippen LogP contribution in [0.15, 0.2) is 29.2 Å². The smallest absolute Gasteiger partial charge is 0.204 e. The second-order valence-corrected chi connectivity index (χ2v) is 5.70. The third kappa shape index (κ3) is 2.77. The molecule has 0 saturated carbocycles. The van der Waals surface area contributed by atoms with Gasteiger partial charge in [-0.15, -0.1) is 16.9 Å². The minimum atomic E-state index is 0.380. The van der Waals surface area contributed by atoms with Gasteiger partial charge in [0, 0.05) is 15.7 Å². The van der Waals surface area contributed by atoms with Gasteiger partial charge in [-0.2, -0.15) is 15.6 Å². The van der Waals surface area contributed by atoms with Crippen LogP contribution in [0.5, 0.6) is 0 Å². The molecule has 0 amide bonds. The van der Waals surface area contributed by atoms with Gasteiger partial charge in [0.25, 0.3) is 0 Å². The molecule has 21 heavy (non-hydrogen) atoms. The summed E-state index contributed by atoms with van der Waals surface area (Å²) in [4.78, 5) is 4.94. The van der Waals surface area contributed by atoms with E-state index in [9.17, 15) is 0 Å². The van der Waals surface area contributed by atoms with Crippen molar-refractivity contribution in [2.45, 2.75) is 10.6 Å². The summed E-state index contributed by atoms with van der Waals surface area (Å²) in [7, 11) is 0. The van der Waals surface area contributed by atoms with Crippen LogP contribution < -0.4 is 5.73 Å². The lowest BCUT2D eigenvalue weighted by molar-refractivity contribution is 0.953. The van der Waals surface area contributed by atoms with E-state index in [1.54, 1.807) is 24.3 Å². The van der Waals surface area contributed by atoms with E-state index in [1.807, 2.05) is 0 Å². The van der Waals surface area contributed by atoms with Crippen molar-refractivity contribution in [2.75, 3.05) is 5.73 Å². The second kappa shape index (κ2) is 5.60. The van der Waals surface area contributed by atoms with Crippen LogP contribution in [0, 0.1) is 11.3 Å². The van der Waals surface area contributed by atoms with Crippen molar-refractivity contribution in [1.82, 2.24) is 20.4 Å². The Morgan fingerprint density at radius 3 is 3.00 bits per heavy atom. The van der Waals surface area contributed by atoms with E-state index in [0.717, 1.165) is 10.5 Å². The molecule has 3 rings (SSSR count). The third-order valence-corrected chi connectivity index (χ3v) is 4.16. The summed E-state index contributed by atoms with van der Waals surface area (Å²) in [6.07, 6.45) is 0. The highest BCUT2D eigenvalue weighted by atomic mass is 35.5. The second-order valence-electron chi connectivity index (χ2n) is 4.24. The highest BCUT2D eigenvalue weighted by Crippen LogP contribution is 2.30. The number of nitrogens with one attached hydrogen (secondary N) is 1. The Hall–Kier alpha value is -2.30. The molecule has 2 heterocycles. The number of pyridine rings is 1.